The molecule has 0 fully saturated rings. The van der Waals surface area contributed by atoms with E-state index in [1.165, 1.54) is 14.2 Å². The van der Waals surface area contributed by atoms with Gasteiger partial charge in [0.15, 0.2) is 0 Å². The first-order chi connectivity index (χ1) is 13.9. The fourth-order valence-electron chi connectivity index (χ4n) is 2.72. The number of amides is 2. The van der Waals surface area contributed by atoms with E-state index in [4.69, 9.17) is 14.7 Å². The van der Waals surface area contributed by atoms with Gasteiger partial charge in [-0.2, -0.15) is 5.26 Å². The van der Waals surface area contributed by atoms with E-state index in [2.05, 4.69) is 16.7 Å². The van der Waals surface area contributed by atoms with Crippen LogP contribution in [0, 0.1) is 17.2 Å². The highest BCUT2D eigenvalue weighted by atomic mass is 16.5. The van der Waals surface area contributed by atoms with Crippen LogP contribution in [-0.4, -0.2) is 32.1 Å². The predicted octanol–water partition coefficient (Wildman–Crippen LogP) is 3.16. The van der Waals surface area contributed by atoms with E-state index >= 15 is 0 Å². The van der Waals surface area contributed by atoms with Gasteiger partial charge in [0.25, 0.3) is 5.91 Å². The van der Waals surface area contributed by atoms with Crippen molar-refractivity contribution in [1.82, 2.24) is 5.32 Å². The van der Waals surface area contributed by atoms with Gasteiger partial charge in [0.1, 0.15) is 17.5 Å². The summed E-state index contributed by atoms with van der Waals surface area (Å²) in [5.41, 5.74) is 1.80. The average molecular weight is 395 g/mol. The Morgan fingerprint density at radius 2 is 1.62 bits per heavy atom. The summed E-state index contributed by atoms with van der Waals surface area (Å²) < 4.78 is 10.4. The van der Waals surface area contributed by atoms with Gasteiger partial charge in [-0.1, -0.05) is 26.0 Å². The second-order valence-electron chi connectivity index (χ2n) is 6.82. The minimum atomic E-state index is -0.738. The van der Waals surface area contributed by atoms with Crippen molar-refractivity contribution >= 4 is 17.5 Å². The lowest BCUT2D eigenvalue weighted by Crippen LogP contribution is -2.47. The fourth-order valence-corrected chi connectivity index (χ4v) is 2.72. The number of methoxy groups -OCH3 is 2. The van der Waals surface area contributed by atoms with Crippen LogP contribution in [0.3, 0.4) is 0 Å². The molecule has 2 amide bonds. The normalized spacial score (nSPS) is 11.3. The summed E-state index contributed by atoms with van der Waals surface area (Å²) in [5.74, 6) is 0.107. The fraction of sp³-hybridized carbons (Fsp3) is 0.318. The number of carbonyl (C=O) groups is 2. The maximum atomic E-state index is 12.8. The van der Waals surface area contributed by atoms with E-state index in [-0.39, 0.29) is 11.8 Å². The molecule has 7 heteroatoms. The van der Waals surface area contributed by atoms with Crippen molar-refractivity contribution in [1.29, 1.82) is 5.26 Å². The first kappa shape index (κ1) is 21.8. The third kappa shape index (κ3) is 5.98. The molecule has 152 valence electrons. The second-order valence-corrected chi connectivity index (χ2v) is 6.82. The van der Waals surface area contributed by atoms with E-state index < -0.39 is 11.9 Å². The first-order valence-electron chi connectivity index (χ1n) is 9.18. The first-order valence-corrected chi connectivity index (χ1v) is 9.18. The summed E-state index contributed by atoms with van der Waals surface area (Å²) in [6, 6.07) is 13.2. The number of ether oxygens (including phenoxy) is 2. The van der Waals surface area contributed by atoms with Crippen LogP contribution in [0.2, 0.25) is 0 Å². The summed E-state index contributed by atoms with van der Waals surface area (Å²) in [5, 5.41) is 14.3. The molecule has 2 aromatic carbocycles. The highest BCUT2D eigenvalue weighted by Gasteiger charge is 2.25. The summed E-state index contributed by atoms with van der Waals surface area (Å²) in [4.78, 5) is 25.5. The molecule has 29 heavy (non-hydrogen) atoms. The Hall–Kier alpha value is -3.53. The smallest absolute Gasteiger partial charge is 0.252 e. The Balaban J connectivity index is 2.13. The Labute approximate surface area is 170 Å². The van der Waals surface area contributed by atoms with Crippen LogP contribution < -0.4 is 20.1 Å². The monoisotopic (exact) mass is 395 g/mol. The molecule has 0 heterocycles. The number of anilines is 1. The summed E-state index contributed by atoms with van der Waals surface area (Å²) in [6.07, 6.45) is 0.308. The molecule has 1 atom stereocenters. The Kier molecular flexibility index (Phi) is 7.61. The van der Waals surface area contributed by atoms with Crippen molar-refractivity contribution in [3.8, 4) is 17.6 Å². The van der Waals surface area contributed by atoms with Gasteiger partial charge in [0.2, 0.25) is 5.91 Å². The van der Waals surface area contributed by atoms with Crippen LogP contribution in [0.5, 0.6) is 11.5 Å². The van der Waals surface area contributed by atoms with E-state index in [0.29, 0.717) is 29.2 Å². The van der Waals surface area contributed by atoms with Gasteiger partial charge < -0.3 is 20.1 Å². The quantitative estimate of drug-likeness (QED) is 0.715. The van der Waals surface area contributed by atoms with Gasteiger partial charge in [-0.3, -0.25) is 9.59 Å². The van der Waals surface area contributed by atoms with E-state index in [1.807, 2.05) is 13.8 Å². The number of nitrogens with one attached hydrogen (secondary N) is 2. The van der Waals surface area contributed by atoms with Crippen molar-refractivity contribution < 1.29 is 19.1 Å². The van der Waals surface area contributed by atoms with E-state index in [9.17, 15) is 9.59 Å². The molecule has 0 radical (unpaired) electrons. The molecule has 0 aliphatic rings. The zero-order chi connectivity index (χ0) is 21.4. The van der Waals surface area contributed by atoms with Gasteiger partial charge in [0.05, 0.1) is 26.7 Å². The van der Waals surface area contributed by atoms with Gasteiger partial charge in [-0.25, -0.2) is 0 Å². The molecule has 7 nitrogen and oxygen atoms in total. The molecule has 0 bridgehead atoms. The number of nitrogens with zero attached hydrogens (tertiary/aromatic N) is 1. The molecule has 0 spiro atoms. The number of benzene rings is 2. The van der Waals surface area contributed by atoms with Crippen molar-refractivity contribution in [3.05, 3.63) is 53.6 Å². The largest absolute Gasteiger partial charge is 0.497 e. The topological polar surface area (TPSA) is 100 Å². The van der Waals surface area contributed by atoms with Crippen LogP contribution in [0.25, 0.3) is 0 Å². The highest BCUT2D eigenvalue weighted by molar-refractivity contribution is 6.01. The number of hydrogen-bond donors (Lipinski definition) is 2. The maximum absolute atomic E-state index is 12.8. The Morgan fingerprint density at radius 1 is 1.03 bits per heavy atom. The zero-order valence-electron chi connectivity index (χ0n) is 17.0. The van der Waals surface area contributed by atoms with Crippen LogP contribution in [0.4, 0.5) is 5.69 Å². The molecular weight excluding hydrogens is 370 g/mol. The molecular formula is C22H25N3O4. The van der Waals surface area contributed by atoms with Gasteiger partial charge in [0, 0.05) is 17.3 Å². The molecule has 2 rings (SSSR count). The maximum Gasteiger partial charge on any atom is 0.252 e. The zero-order valence-corrected chi connectivity index (χ0v) is 17.0. The number of nitriles is 1. The third-order valence-electron chi connectivity index (χ3n) is 4.35. The lowest BCUT2D eigenvalue weighted by Gasteiger charge is -2.22. The lowest BCUT2D eigenvalue weighted by atomic mass is 10.0. The SMILES string of the molecule is COc1cc(OC)cc(C(=O)NC(C(=O)Nc2ccc(CC#N)cc2)C(C)C)c1. The minimum absolute atomic E-state index is 0.135. The lowest BCUT2D eigenvalue weighted by molar-refractivity contribution is -0.118. The van der Waals surface area contributed by atoms with E-state index in [1.54, 1.807) is 42.5 Å². The van der Waals surface area contributed by atoms with Gasteiger partial charge in [-0.15, -0.1) is 0 Å². The predicted molar refractivity (Wildman–Crippen MR) is 110 cm³/mol. The van der Waals surface area contributed by atoms with Crippen molar-refractivity contribution in [3.63, 3.8) is 0 Å². The second kappa shape index (κ2) is 10.1. The van der Waals surface area contributed by atoms with Crippen LogP contribution in [0.1, 0.15) is 29.8 Å². The van der Waals surface area contributed by atoms with E-state index in [0.717, 1.165) is 5.56 Å². The highest BCUT2D eigenvalue weighted by Crippen LogP contribution is 2.23. The molecule has 2 aromatic rings. The minimum Gasteiger partial charge on any atom is -0.497 e. The van der Waals surface area contributed by atoms with Gasteiger partial charge >= 0.3 is 0 Å². The number of hydrogen-bond acceptors (Lipinski definition) is 5. The molecule has 1 unspecified atom stereocenters. The molecule has 0 saturated heterocycles. The van der Waals surface area contributed by atoms with Crippen molar-refractivity contribution in [2.24, 2.45) is 5.92 Å². The summed E-state index contributed by atoms with van der Waals surface area (Å²) >= 11 is 0. The summed E-state index contributed by atoms with van der Waals surface area (Å²) in [7, 11) is 3.01. The Morgan fingerprint density at radius 3 is 2.10 bits per heavy atom. The average Bonchev–Trinajstić information content (AvgIpc) is 2.72. The standard InChI is InChI=1S/C22H25N3O4/c1-14(2)20(22(27)24-17-7-5-15(6-8-17)9-10-23)25-21(26)16-11-18(28-3)13-19(12-16)29-4/h5-8,11-14,20H,9H2,1-4H3,(H,24,27)(H,25,26). The van der Waals surface area contributed by atoms with Crippen molar-refractivity contribution in [2.45, 2.75) is 26.3 Å². The van der Waals surface area contributed by atoms with Crippen molar-refractivity contribution in [2.75, 3.05) is 19.5 Å². The molecule has 0 aliphatic carbocycles. The van der Waals surface area contributed by atoms with Crippen LogP contribution >= 0.6 is 0 Å². The van der Waals surface area contributed by atoms with Crippen LogP contribution in [-0.2, 0) is 11.2 Å². The number of rotatable bonds is 8. The molecule has 0 aromatic heterocycles. The van der Waals surface area contributed by atoms with Crippen LogP contribution in [0.15, 0.2) is 42.5 Å². The molecule has 0 aliphatic heterocycles. The third-order valence-corrected chi connectivity index (χ3v) is 4.35. The molecule has 2 N–H and O–H groups in total. The number of carbonyl (C=O) groups excluding carboxylic acids is 2. The Bertz CT molecular complexity index is 879. The summed E-state index contributed by atoms with van der Waals surface area (Å²) in [6.45, 7) is 3.71. The molecule has 0 saturated carbocycles. The van der Waals surface area contributed by atoms with Gasteiger partial charge in [-0.05, 0) is 35.7 Å².